The molecule has 1 N–H and O–H groups in total. The first kappa shape index (κ1) is 20.2. The first-order valence-electron chi connectivity index (χ1n) is 9.25. The number of aromatic nitrogens is 2. The Balaban J connectivity index is 0.00000210. The fraction of sp³-hybridized carbons (Fsp3) is 0.500. The van der Waals surface area contributed by atoms with Crippen LogP contribution in [0, 0.1) is 5.41 Å². The van der Waals surface area contributed by atoms with Gasteiger partial charge in [0.15, 0.2) is 0 Å². The zero-order valence-corrected chi connectivity index (χ0v) is 17.5. The molecular formula is C20H27ClN4OS. The minimum Gasteiger partial charge on any atom is -0.337 e. The van der Waals surface area contributed by atoms with Gasteiger partial charge in [-0.15, -0.1) is 24.2 Å². The van der Waals surface area contributed by atoms with Crippen molar-refractivity contribution in [1.82, 2.24) is 19.8 Å². The van der Waals surface area contributed by atoms with E-state index in [0.29, 0.717) is 18.0 Å². The molecule has 2 heterocycles. The Bertz CT molecular complexity index is 803. The van der Waals surface area contributed by atoms with E-state index in [1.807, 2.05) is 48.3 Å². The molecule has 1 amide bonds. The van der Waals surface area contributed by atoms with E-state index in [4.69, 9.17) is 0 Å². The maximum absolute atomic E-state index is 13.5. The third kappa shape index (κ3) is 3.89. The van der Waals surface area contributed by atoms with Gasteiger partial charge in [0, 0.05) is 30.4 Å². The Kier molecular flexibility index (Phi) is 6.18. The number of piperidine rings is 1. The van der Waals surface area contributed by atoms with Crippen molar-refractivity contribution in [3.05, 3.63) is 48.0 Å². The zero-order chi connectivity index (χ0) is 18.1. The summed E-state index contributed by atoms with van der Waals surface area (Å²) >= 11 is 1.63. The van der Waals surface area contributed by atoms with Crippen LogP contribution in [-0.4, -0.2) is 45.7 Å². The van der Waals surface area contributed by atoms with Gasteiger partial charge in [0.25, 0.3) is 5.91 Å². The molecule has 1 aliphatic carbocycles. The SMILES string of the molecule is CSc1ccccc1C(=O)N(Cc1nccn1C)C1CC12CCNCC2.Cl. The van der Waals surface area contributed by atoms with Gasteiger partial charge in [-0.1, -0.05) is 12.1 Å². The Hall–Kier alpha value is -1.50. The quantitative estimate of drug-likeness (QED) is 0.773. The number of nitrogens with zero attached hydrogens (tertiary/aromatic N) is 3. The number of thioether (sulfide) groups is 1. The van der Waals surface area contributed by atoms with Crippen LogP contribution in [0.3, 0.4) is 0 Å². The van der Waals surface area contributed by atoms with Crippen molar-refractivity contribution in [2.45, 2.75) is 36.7 Å². The Morgan fingerprint density at radius 2 is 2.11 bits per heavy atom. The Morgan fingerprint density at radius 1 is 1.37 bits per heavy atom. The predicted octanol–water partition coefficient (Wildman–Crippen LogP) is 3.35. The number of hydrogen-bond donors (Lipinski definition) is 1. The summed E-state index contributed by atoms with van der Waals surface area (Å²) in [7, 11) is 1.99. The topological polar surface area (TPSA) is 50.2 Å². The molecule has 1 spiro atoms. The summed E-state index contributed by atoms with van der Waals surface area (Å²) in [5.41, 5.74) is 1.12. The summed E-state index contributed by atoms with van der Waals surface area (Å²) in [6.45, 7) is 2.69. The number of hydrogen-bond acceptors (Lipinski definition) is 4. The van der Waals surface area contributed by atoms with Crippen LogP contribution < -0.4 is 5.32 Å². The number of carbonyl (C=O) groups excluding carboxylic acids is 1. The van der Waals surface area contributed by atoms with Crippen molar-refractivity contribution in [3.8, 4) is 0 Å². The average Bonchev–Trinajstić information content (AvgIpc) is 3.19. The average molecular weight is 407 g/mol. The van der Waals surface area contributed by atoms with Crippen LogP contribution in [0.15, 0.2) is 41.6 Å². The van der Waals surface area contributed by atoms with Gasteiger partial charge in [-0.2, -0.15) is 0 Å². The van der Waals surface area contributed by atoms with Crippen molar-refractivity contribution in [3.63, 3.8) is 0 Å². The van der Waals surface area contributed by atoms with Crippen LogP contribution in [0.25, 0.3) is 0 Å². The number of nitrogens with one attached hydrogen (secondary N) is 1. The molecule has 1 aromatic heterocycles. The van der Waals surface area contributed by atoms with Crippen LogP contribution in [-0.2, 0) is 13.6 Å². The second kappa shape index (κ2) is 8.25. The van der Waals surface area contributed by atoms with Crippen LogP contribution in [0.1, 0.15) is 35.4 Å². The second-order valence-corrected chi connectivity index (χ2v) is 8.27. The fourth-order valence-electron chi connectivity index (χ4n) is 4.23. The van der Waals surface area contributed by atoms with Crippen LogP contribution in [0.2, 0.25) is 0 Å². The third-order valence-corrected chi connectivity index (χ3v) is 6.75. The van der Waals surface area contributed by atoms with Crippen LogP contribution in [0.5, 0.6) is 0 Å². The van der Waals surface area contributed by atoms with Crippen molar-refractivity contribution >= 4 is 30.1 Å². The molecular weight excluding hydrogens is 380 g/mol. The molecule has 4 rings (SSSR count). The summed E-state index contributed by atoms with van der Waals surface area (Å²) < 4.78 is 2.01. The molecule has 27 heavy (non-hydrogen) atoms. The Labute approximate surface area is 171 Å². The lowest BCUT2D eigenvalue weighted by atomic mass is 9.93. The molecule has 2 fully saturated rings. The molecule has 146 valence electrons. The molecule has 1 saturated heterocycles. The number of aryl methyl sites for hydroxylation is 1. The van der Waals surface area contributed by atoms with E-state index in [9.17, 15) is 4.79 Å². The lowest BCUT2D eigenvalue weighted by Gasteiger charge is -2.30. The van der Waals surface area contributed by atoms with Crippen molar-refractivity contribution < 1.29 is 4.79 Å². The maximum Gasteiger partial charge on any atom is 0.255 e. The van der Waals surface area contributed by atoms with E-state index in [-0.39, 0.29) is 18.3 Å². The molecule has 1 saturated carbocycles. The molecule has 1 aliphatic heterocycles. The summed E-state index contributed by atoms with van der Waals surface area (Å²) in [5.74, 6) is 1.08. The fourth-order valence-corrected chi connectivity index (χ4v) is 4.82. The predicted molar refractivity (Wildman–Crippen MR) is 111 cm³/mol. The van der Waals surface area contributed by atoms with Crippen LogP contribution in [0.4, 0.5) is 0 Å². The van der Waals surface area contributed by atoms with E-state index >= 15 is 0 Å². The molecule has 1 atom stereocenters. The lowest BCUT2D eigenvalue weighted by molar-refractivity contribution is 0.0682. The molecule has 5 nitrogen and oxygen atoms in total. The minimum atomic E-state index is 0. The standard InChI is InChI=1S/C20H26N4OS.ClH/c1-23-12-11-22-18(23)14-24(17-13-20(17)7-9-21-10-8-20)19(25)15-5-3-4-6-16(15)26-2;/h3-6,11-12,17,21H,7-10,13-14H2,1-2H3;1H. The first-order chi connectivity index (χ1) is 12.6. The minimum absolute atomic E-state index is 0. The molecule has 1 unspecified atom stereocenters. The van der Waals surface area contributed by atoms with Gasteiger partial charge >= 0.3 is 0 Å². The maximum atomic E-state index is 13.5. The number of rotatable bonds is 5. The summed E-state index contributed by atoms with van der Waals surface area (Å²) in [6, 6.07) is 8.26. The molecule has 7 heteroatoms. The lowest BCUT2D eigenvalue weighted by Crippen LogP contribution is -2.39. The van der Waals surface area contributed by atoms with Gasteiger partial charge in [-0.25, -0.2) is 4.98 Å². The molecule has 0 bridgehead atoms. The van der Waals surface area contributed by atoms with Crippen LogP contribution >= 0.6 is 24.2 Å². The Morgan fingerprint density at radius 3 is 2.78 bits per heavy atom. The van der Waals surface area contributed by atoms with Gasteiger partial charge < -0.3 is 14.8 Å². The molecule has 2 aliphatic rings. The molecule has 0 radical (unpaired) electrons. The number of carbonyl (C=O) groups is 1. The normalized spacial score (nSPS) is 20.1. The smallest absolute Gasteiger partial charge is 0.255 e. The first-order valence-corrected chi connectivity index (χ1v) is 10.5. The van der Waals surface area contributed by atoms with E-state index in [0.717, 1.165) is 48.6 Å². The van der Waals surface area contributed by atoms with E-state index in [1.165, 1.54) is 0 Å². The van der Waals surface area contributed by atoms with Gasteiger partial charge in [-0.3, -0.25) is 4.79 Å². The van der Waals surface area contributed by atoms with Crippen molar-refractivity contribution in [2.75, 3.05) is 19.3 Å². The highest BCUT2D eigenvalue weighted by Crippen LogP contribution is 2.56. The highest BCUT2D eigenvalue weighted by molar-refractivity contribution is 7.98. The highest BCUT2D eigenvalue weighted by Gasteiger charge is 2.58. The summed E-state index contributed by atoms with van der Waals surface area (Å²) in [4.78, 5) is 21.1. The number of benzene rings is 1. The van der Waals surface area contributed by atoms with Gasteiger partial charge in [0.05, 0.1) is 12.1 Å². The van der Waals surface area contributed by atoms with E-state index in [1.54, 1.807) is 18.0 Å². The number of halogens is 1. The number of imidazole rings is 1. The van der Waals surface area contributed by atoms with Gasteiger partial charge in [-0.05, 0) is 56.2 Å². The summed E-state index contributed by atoms with van der Waals surface area (Å²) in [5, 5.41) is 3.45. The second-order valence-electron chi connectivity index (χ2n) is 7.42. The van der Waals surface area contributed by atoms with E-state index in [2.05, 4.69) is 15.2 Å². The monoisotopic (exact) mass is 406 g/mol. The number of amides is 1. The van der Waals surface area contributed by atoms with E-state index < -0.39 is 0 Å². The van der Waals surface area contributed by atoms with Gasteiger partial charge in [0.1, 0.15) is 5.82 Å². The third-order valence-electron chi connectivity index (χ3n) is 5.95. The highest BCUT2D eigenvalue weighted by atomic mass is 35.5. The van der Waals surface area contributed by atoms with Crippen molar-refractivity contribution in [2.24, 2.45) is 12.5 Å². The van der Waals surface area contributed by atoms with Crippen molar-refractivity contribution in [1.29, 1.82) is 0 Å². The molecule has 2 aromatic rings. The van der Waals surface area contributed by atoms with Gasteiger partial charge in [0.2, 0.25) is 0 Å². The summed E-state index contributed by atoms with van der Waals surface area (Å²) in [6.07, 6.45) is 9.22. The largest absolute Gasteiger partial charge is 0.337 e. The molecule has 1 aromatic carbocycles. The zero-order valence-electron chi connectivity index (χ0n) is 15.9.